The van der Waals surface area contributed by atoms with Gasteiger partial charge in [0.1, 0.15) is 30.3 Å². The van der Waals surface area contributed by atoms with Crippen molar-refractivity contribution in [2.24, 2.45) is 0 Å². The standard InChI is InChI=1S/C30H40N6O4/c1-22-18-23(2)29(24(3)19-22)40-30(37)36(27-10-11-31-21-32-27)20-28(35-13-15-38-16-14-35)33-25-6-8-26(9-7-25)39-17-12-34(4)5/h6-11,18-19,21,28,33H,12-17,20H2,1-5H3. The molecule has 2 heterocycles. The molecule has 4 rings (SSSR count). The van der Waals surface area contributed by atoms with Gasteiger partial charge < -0.3 is 24.4 Å². The molecule has 0 bridgehead atoms. The molecule has 1 unspecified atom stereocenters. The van der Waals surface area contributed by atoms with Gasteiger partial charge >= 0.3 is 6.09 Å². The summed E-state index contributed by atoms with van der Waals surface area (Å²) in [7, 11) is 4.04. The zero-order valence-electron chi connectivity index (χ0n) is 24.1. The Kier molecular flexibility index (Phi) is 10.3. The summed E-state index contributed by atoms with van der Waals surface area (Å²) >= 11 is 0. The van der Waals surface area contributed by atoms with Crippen molar-refractivity contribution in [3.8, 4) is 11.5 Å². The van der Waals surface area contributed by atoms with E-state index >= 15 is 0 Å². The molecule has 1 saturated heterocycles. The second kappa shape index (κ2) is 14.1. The molecule has 40 heavy (non-hydrogen) atoms. The topological polar surface area (TPSA) is 92.3 Å². The summed E-state index contributed by atoms with van der Waals surface area (Å²) < 4.78 is 17.4. The fourth-order valence-corrected chi connectivity index (χ4v) is 4.68. The SMILES string of the molecule is Cc1cc(C)c(OC(=O)N(CC(Nc2ccc(OCCN(C)C)cc2)N2CCOCC2)c2ccncn2)c(C)c1. The van der Waals surface area contributed by atoms with Gasteiger partial charge in [0.05, 0.1) is 25.9 Å². The summed E-state index contributed by atoms with van der Waals surface area (Å²) in [5.41, 5.74) is 3.85. The number of aryl methyl sites for hydroxylation is 3. The first-order chi connectivity index (χ1) is 19.3. The highest BCUT2D eigenvalue weighted by Crippen LogP contribution is 2.26. The Morgan fingerprint density at radius 1 is 1.07 bits per heavy atom. The van der Waals surface area contributed by atoms with E-state index in [0.29, 0.717) is 37.9 Å². The molecule has 2 aromatic carbocycles. The van der Waals surface area contributed by atoms with Crippen molar-refractivity contribution in [2.45, 2.75) is 26.9 Å². The van der Waals surface area contributed by atoms with E-state index in [-0.39, 0.29) is 6.17 Å². The number of hydrogen-bond donors (Lipinski definition) is 1. The van der Waals surface area contributed by atoms with E-state index in [1.807, 2.05) is 71.3 Å². The van der Waals surface area contributed by atoms with Gasteiger partial charge in [0.15, 0.2) is 0 Å². The van der Waals surface area contributed by atoms with Gasteiger partial charge in [-0.1, -0.05) is 17.7 Å². The molecule has 10 nitrogen and oxygen atoms in total. The summed E-state index contributed by atoms with van der Waals surface area (Å²) in [5, 5.41) is 3.61. The van der Waals surface area contributed by atoms with Crippen LogP contribution in [0.25, 0.3) is 0 Å². The van der Waals surface area contributed by atoms with Gasteiger partial charge in [-0.25, -0.2) is 14.8 Å². The molecule has 1 amide bonds. The number of morpholine rings is 1. The highest BCUT2D eigenvalue weighted by atomic mass is 16.6. The number of nitrogens with one attached hydrogen (secondary N) is 1. The number of carbonyl (C=O) groups excluding carboxylic acids is 1. The first-order valence-electron chi connectivity index (χ1n) is 13.6. The number of aromatic nitrogens is 2. The van der Waals surface area contributed by atoms with E-state index < -0.39 is 6.09 Å². The molecule has 3 aromatic rings. The molecular weight excluding hydrogens is 508 g/mol. The van der Waals surface area contributed by atoms with Gasteiger partial charge in [-0.2, -0.15) is 0 Å². The van der Waals surface area contributed by atoms with E-state index in [9.17, 15) is 4.79 Å². The fourth-order valence-electron chi connectivity index (χ4n) is 4.68. The molecule has 0 radical (unpaired) electrons. The van der Waals surface area contributed by atoms with Crippen LogP contribution in [0.3, 0.4) is 0 Å². The zero-order chi connectivity index (χ0) is 28.5. The van der Waals surface area contributed by atoms with E-state index in [1.165, 1.54) is 6.33 Å². The summed E-state index contributed by atoms with van der Waals surface area (Å²) in [6.45, 7) is 10.4. The average Bonchev–Trinajstić information content (AvgIpc) is 2.94. The largest absolute Gasteiger partial charge is 0.492 e. The maximum Gasteiger partial charge on any atom is 0.421 e. The van der Waals surface area contributed by atoms with E-state index in [4.69, 9.17) is 14.2 Å². The van der Waals surface area contributed by atoms with Gasteiger partial charge in [0, 0.05) is 31.5 Å². The molecule has 1 aromatic heterocycles. The lowest BCUT2D eigenvalue weighted by molar-refractivity contribution is 0.0234. The van der Waals surface area contributed by atoms with Crippen LogP contribution < -0.4 is 19.7 Å². The van der Waals surface area contributed by atoms with Crippen LogP contribution in [-0.2, 0) is 4.74 Å². The van der Waals surface area contributed by atoms with Gasteiger partial charge in [-0.15, -0.1) is 0 Å². The Hall–Kier alpha value is -3.73. The number of carbonyl (C=O) groups is 1. The average molecular weight is 549 g/mol. The van der Waals surface area contributed by atoms with Gasteiger partial charge in [0.2, 0.25) is 0 Å². The molecule has 1 aliphatic heterocycles. The molecule has 1 atom stereocenters. The minimum absolute atomic E-state index is 0.230. The fraction of sp³-hybridized carbons (Fsp3) is 0.433. The van der Waals surface area contributed by atoms with Crippen molar-refractivity contribution in [3.63, 3.8) is 0 Å². The number of ether oxygens (including phenoxy) is 3. The molecule has 0 aliphatic carbocycles. The van der Waals surface area contributed by atoms with Gasteiger partial charge in [0.25, 0.3) is 0 Å². The summed E-state index contributed by atoms with van der Waals surface area (Å²) in [6, 6.07) is 13.6. The molecule has 1 aliphatic rings. The quantitative estimate of drug-likeness (QED) is 0.380. The van der Waals surface area contributed by atoms with Gasteiger partial charge in [-0.3, -0.25) is 9.80 Å². The predicted molar refractivity (Wildman–Crippen MR) is 156 cm³/mol. The summed E-state index contributed by atoms with van der Waals surface area (Å²) in [5.74, 6) is 1.84. The van der Waals surface area contributed by atoms with Crippen molar-refractivity contribution >= 4 is 17.6 Å². The Bertz CT molecular complexity index is 1210. The first-order valence-corrected chi connectivity index (χ1v) is 13.6. The maximum absolute atomic E-state index is 13.7. The lowest BCUT2D eigenvalue weighted by Crippen LogP contribution is -2.54. The van der Waals surface area contributed by atoms with Crippen LogP contribution in [0, 0.1) is 20.8 Å². The number of hydrogen-bond acceptors (Lipinski definition) is 9. The summed E-state index contributed by atoms with van der Waals surface area (Å²) in [4.78, 5) is 28.1. The normalized spacial score (nSPS) is 14.6. The Morgan fingerprint density at radius 3 is 2.40 bits per heavy atom. The number of rotatable bonds is 11. The molecular formula is C30H40N6O4. The van der Waals surface area contributed by atoms with Crippen LogP contribution in [0.2, 0.25) is 0 Å². The second-order valence-corrected chi connectivity index (χ2v) is 10.3. The third kappa shape index (κ3) is 8.14. The minimum Gasteiger partial charge on any atom is -0.492 e. The smallest absolute Gasteiger partial charge is 0.421 e. The Labute approximate surface area is 236 Å². The molecule has 10 heteroatoms. The third-order valence-electron chi connectivity index (χ3n) is 6.69. The van der Waals surface area contributed by atoms with Crippen LogP contribution in [0.5, 0.6) is 11.5 Å². The first kappa shape index (κ1) is 29.3. The third-order valence-corrected chi connectivity index (χ3v) is 6.69. The van der Waals surface area contributed by atoms with E-state index in [0.717, 1.165) is 47.8 Å². The Morgan fingerprint density at radius 2 is 1.77 bits per heavy atom. The highest BCUT2D eigenvalue weighted by Gasteiger charge is 2.29. The lowest BCUT2D eigenvalue weighted by atomic mass is 10.1. The molecule has 0 spiro atoms. The van der Waals surface area contributed by atoms with E-state index in [1.54, 1.807) is 17.2 Å². The zero-order valence-corrected chi connectivity index (χ0v) is 24.1. The van der Waals surface area contributed by atoms with Crippen molar-refractivity contribution in [1.29, 1.82) is 0 Å². The second-order valence-electron chi connectivity index (χ2n) is 10.3. The van der Waals surface area contributed by atoms with Crippen LogP contribution in [-0.4, -0.2) is 92.1 Å². The van der Waals surface area contributed by atoms with Crippen molar-refractivity contribution < 1.29 is 19.0 Å². The maximum atomic E-state index is 13.7. The molecule has 214 valence electrons. The number of benzene rings is 2. The number of likely N-dealkylation sites (N-methyl/N-ethyl adjacent to an activating group) is 1. The molecule has 0 saturated carbocycles. The van der Waals surface area contributed by atoms with Crippen molar-refractivity contribution in [3.05, 3.63) is 71.7 Å². The highest BCUT2D eigenvalue weighted by molar-refractivity contribution is 5.88. The van der Waals surface area contributed by atoms with Crippen LogP contribution in [0.1, 0.15) is 16.7 Å². The number of anilines is 2. The molecule has 1 fully saturated rings. The predicted octanol–water partition coefficient (Wildman–Crippen LogP) is 4.12. The summed E-state index contributed by atoms with van der Waals surface area (Å²) in [6.07, 6.45) is 2.33. The van der Waals surface area contributed by atoms with Crippen LogP contribution in [0.15, 0.2) is 55.0 Å². The monoisotopic (exact) mass is 548 g/mol. The van der Waals surface area contributed by atoms with Crippen LogP contribution >= 0.6 is 0 Å². The minimum atomic E-state index is -0.501. The van der Waals surface area contributed by atoms with Crippen LogP contribution in [0.4, 0.5) is 16.3 Å². The molecule has 1 N–H and O–H groups in total. The van der Waals surface area contributed by atoms with Gasteiger partial charge in [-0.05, 0) is 76.3 Å². The van der Waals surface area contributed by atoms with Crippen molar-refractivity contribution in [2.75, 3.05) is 70.3 Å². The Balaban J connectivity index is 1.56. The lowest BCUT2D eigenvalue weighted by Gasteiger charge is -2.37. The number of nitrogens with zero attached hydrogens (tertiary/aromatic N) is 5. The van der Waals surface area contributed by atoms with Crippen molar-refractivity contribution in [1.82, 2.24) is 19.8 Å². The van der Waals surface area contributed by atoms with E-state index in [2.05, 4.69) is 25.1 Å². The number of amides is 1.